The highest BCUT2D eigenvalue weighted by molar-refractivity contribution is 6.30. The summed E-state index contributed by atoms with van der Waals surface area (Å²) in [5, 5.41) is 0.741. The molecule has 0 saturated heterocycles. The van der Waals surface area contributed by atoms with E-state index in [-0.39, 0.29) is 0 Å². The Balaban J connectivity index is 1.89. The number of aromatic nitrogens is 1. The molecule has 4 aromatic rings. The molecule has 0 unspecified atom stereocenters. The van der Waals surface area contributed by atoms with E-state index in [0.717, 1.165) is 32.8 Å². The maximum Gasteiger partial charge on any atom is 0.181 e. The lowest BCUT2D eigenvalue weighted by molar-refractivity contribution is 0.602. The number of hydrogen-bond donors (Lipinski definition) is 0. The second-order valence-corrected chi connectivity index (χ2v) is 5.52. The Bertz CT molecular complexity index is 941. The van der Waals surface area contributed by atoms with Crippen LogP contribution in [0, 0.1) is 0 Å². The highest BCUT2D eigenvalue weighted by Gasteiger charge is 2.08. The van der Waals surface area contributed by atoms with E-state index in [1.165, 1.54) is 12.0 Å². The third-order valence-electron chi connectivity index (χ3n) is 3.72. The number of halogens is 1. The maximum absolute atomic E-state index is 5.99. The normalized spacial score (nSPS) is 11.0. The van der Waals surface area contributed by atoms with Crippen molar-refractivity contribution in [1.29, 1.82) is 0 Å². The summed E-state index contributed by atoms with van der Waals surface area (Å²) in [7, 11) is 0. The number of rotatable bonds is 2. The van der Waals surface area contributed by atoms with Crippen LogP contribution >= 0.6 is 11.6 Å². The van der Waals surface area contributed by atoms with Crippen molar-refractivity contribution >= 4 is 22.7 Å². The first-order chi connectivity index (χ1) is 10.8. The SMILES string of the molecule is Clc1ccc(-c2ccccc2-c2ccc3ocnc3c2)cc1. The average Bonchev–Trinajstić information content (AvgIpc) is 3.03. The summed E-state index contributed by atoms with van der Waals surface area (Å²) in [4.78, 5) is 4.23. The summed E-state index contributed by atoms with van der Waals surface area (Å²) in [5.74, 6) is 0. The van der Waals surface area contributed by atoms with E-state index in [2.05, 4.69) is 23.2 Å². The van der Waals surface area contributed by atoms with Crippen LogP contribution < -0.4 is 0 Å². The molecule has 0 aliphatic carbocycles. The zero-order valence-corrected chi connectivity index (χ0v) is 12.4. The van der Waals surface area contributed by atoms with Crippen LogP contribution in [0.15, 0.2) is 77.5 Å². The van der Waals surface area contributed by atoms with Crippen LogP contribution in [0.1, 0.15) is 0 Å². The maximum atomic E-state index is 5.99. The predicted octanol–water partition coefficient (Wildman–Crippen LogP) is 5.82. The number of nitrogens with zero attached hydrogens (tertiary/aromatic N) is 1. The van der Waals surface area contributed by atoms with Gasteiger partial charge in [0.1, 0.15) is 5.52 Å². The molecule has 0 N–H and O–H groups in total. The lowest BCUT2D eigenvalue weighted by Crippen LogP contribution is -1.85. The van der Waals surface area contributed by atoms with Gasteiger partial charge in [0.2, 0.25) is 0 Å². The van der Waals surface area contributed by atoms with Crippen molar-refractivity contribution in [1.82, 2.24) is 4.98 Å². The molecule has 0 saturated carbocycles. The Labute approximate surface area is 133 Å². The second-order valence-electron chi connectivity index (χ2n) is 5.09. The summed E-state index contributed by atoms with van der Waals surface area (Å²) in [5.41, 5.74) is 6.25. The van der Waals surface area contributed by atoms with Crippen molar-refractivity contribution in [3.8, 4) is 22.3 Å². The highest BCUT2D eigenvalue weighted by Crippen LogP contribution is 2.33. The summed E-state index contributed by atoms with van der Waals surface area (Å²) in [6, 6.07) is 22.3. The molecule has 0 amide bonds. The molecule has 0 aliphatic heterocycles. The van der Waals surface area contributed by atoms with E-state index in [1.807, 2.05) is 48.5 Å². The Morgan fingerprint density at radius 3 is 2.23 bits per heavy atom. The van der Waals surface area contributed by atoms with E-state index in [1.54, 1.807) is 0 Å². The van der Waals surface area contributed by atoms with Crippen LogP contribution in [0.3, 0.4) is 0 Å². The molecule has 3 heteroatoms. The quantitative estimate of drug-likeness (QED) is 0.466. The Morgan fingerprint density at radius 2 is 1.45 bits per heavy atom. The van der Waals surface area contributed by atoms with E-state index in [9.17, 15) is 0 Å². The molecular weight excluding hydrogens is 294 g/mol. The average molecular weight is 306 g/mol. The molecule has 3 aromatic carbocycles. The van der Waals surface area contributed by atoms with Crippen LogP contribution in [-0.2, 0) is 0 Å². The monoisotopic (exact) mass is 305 g/mol. The Morgan fingerprint density at radius 1 is 0.773 bits per heavy atom. The predicted molar refractivity (Wildman–Crippen MR) is 89.9 cm³/mol. The van der Waals surface area contributed by atoms with Crippen LogP contribution in [0.2, 0.25) is 5.02 Å². The van der Waals surface area contributed by atoms with Crippen molar-refractivity contribution in [3.05, 3.63) is 78.1 Å². The first kappa shape index (κ1) is 13.1. The molecule has 1 heterocycles. The molecule has 0 aliphatic rings. The number of benzene rings is 3. The Hall–Kier alpha value is -2.58. The Kier molecular flexibility index (Phi) is 3.17. The zero-order valence-electron chi connectivity index (χ0n) is 11.7. The van der Waals surface area contributed by atoms with E-state index in [4.69, 9.17) is 16.0 Å². The lowest BCUT2D eigenvalue weighted by atomic mass is 9.94. The van der Waals surface area contributed by atoms with Gasteiger partial charge in [-0.1, -0.05) is 54.1 Å². The summed E-state index contributed by atoms with van der Waals surface area (Å²) >= 11 is 5.99. The van der Waals surface area contributed by atoms with Crippen molar-refractivity contribution in [2.24, 2.45) is 0 Å². The fourth-order valence-electron chi connectivity index (χ4n) is 2.64. The summed E-state index contributed by atoms with van der Waals surface area (Å²) in [6.45, 7) is 0. The van der Waals surface area contributed by atoms with Crippen LogP contribution in [0.25, 0.3) is 33.4 Å². The zero-order chi connectivity index (χ0) is 14.9. The molecule has 0 radical (unpaired) electrons. The minimum atomic E-state index is 0.741. The van der Waals surface area contributed by atoms with Crippen molar-refractivity contribution in [2.75, 3.05) is 0 Å². The fourth-order valence-corrected chi connectivity index (χ4v) is 2.77. The molecule has 0 bridgehead atoms. The smallest absolute Gasteiger partial charge is 0.181 e. The van der Waals surface area contributed by atoms with Gasteiger partial charge in [0.05, 0.1) is 0 Å². The largest absolute Gasteiger partial charge is 0.443 e. The number of hydrogen-bond acceptors (Lipinski definition) is 2. The topological polar surface area (TPSA) is 26.0 Å². The van der Waals surface area contributed by atoms with Gasteiger partial charge in [-0.2, -0.15) is 0 Å². The standard InChI is InChI=1S/C19H12ClNO/c20-15-8-5-13(6-9-15)16-3-1-2-4-17(16)14-7-10-19-18(11-14)21-12-22-19/h1-12H. The van der Waals surface area contributed by atoms with E-state index >= 15 is 0 Å². The van der Waals surface area contributed by atoms with Gasteiger partial charge < -0.3 is 4.42 Å². The van der Waals surface area contributed by atoms with Crippen LogP contribution in [-0.4, -0.2) is 4.98 Å². The molecule has 0 spiro atoms. The molecule has 1 aromatic heterocycles. The number of fused-ring (bicyclic) bond motifs is 1. The molecule has 22 heavy (non-hydrogen) atoms. The van der Waals surface area contributed by atoms with Crippen molar-refractivity contribution < 1.29 is 4.42 Å². The third kappa shape index (κ3) is 2.28. The van der Waals surface area contributed by atoms with E-state index < -0.39 is 0 Å². The van der Waals surface area contributed by atoms with E-state index in [0.29, 0.717) is 0 Å². The highest BCUT2D eigenvalue weighted by atomic mass is 35.5. The van der Waals surface area contributed by atoms with Crippen LogP contribution in [0.4, 0.5) is 0 Å². The molecule has 4 rings (SSSR count). The minimum Gasteiger partial charge on any atom is -0.443 e. The molecule has 2 nitrogen and oxygen atoms in total. The first-order valence-corrected chi connectivity index (χ1v) is 7.38. The molecule has 0 fully saturated rings. The number of oxazole rings is 1. The molecule has 0 atom stereocenters. The van der Waals surface area contributed by atoms with Gasteiger partial charge in [0.15, 0.2) is 12.0 Å². The summed E-state index contributed by atoms with van der Waals surface area (Å²) < 4.78 is 5.31. The van der Waals surface area contributed by atoms with Gasteiger partial charge in [-0.25, -0.2) is 4.98 Å². The second kappa shape index (κ2) is 5.32. The molecular formula is C19H12ClNO. The van der Waals surface area contributed by atoms with Gasteiger partial charge in [-0.15, -0.1) is 0 Å². The summed E-state index contributed by atoms with van der Waals surface area (Å²) in [6.07, 6.45) is 1.47. The lowest BCUT2D eigenvalue weighted by Gasteiger charge is -2.10. The first-order valence-electron chi connectivity index (χ1n) is 7.00. The third-order valence-corrected chi connectivity index (χ3v) is 3.98. The van der Waals surface area contributed by atoms with Crippen LogP contribution in [0.5, 0.6) is 0 Å². The minimum absolute atomic E-state index is 0.741. The fraction of sp³-hybridized carbons (Fsp3) is 0. The van der Waals surface area contributed by atoms with Gasteiger partial charge in [0, 0.05) is 5.02 Å². The molecule has 106 valence electrons. The van der Waals surface area contributed by atoms with Gasteiger partial charge in [-0.05, 0) is 46.5 Å². The van der Waals surface area contributed by atoms with Crippen molar-refractivity contribution in [2.45, 2.75) is 0 Å². The van der Waals surface area contributed by atoms with Gasteiger partial charge in [0.25, 0.3) is 0 Å². The van der Waals surface area contributed by atoms with Gasteiger partial charge >= 0.3 is 0 Å². The van der Waals surface area contributed by atoms with Gasteiger partial charge in [-0.3, -0.25) is 0 Å². The van der Waals surface area contributed by atoms with Crippen molar-refractivity contribution in [3.63, 3.8) is 0 Å².